The largest absolute Gasteiger partial charge is 0.494 e. The number of hydrogen-bond acceptors (Lipinski definition) is 1. The Bertz CT molecular complexity index is 711. The highest BCUT2D eigenvalue weighted by atomic mass is 16.5. The Balaban J connectivity index is 1.48. The van der Waals surface area contributed by atoms with Gasteiger partial charge in [0, 0.05) is 0 Å². The highest BCUT2D eigenvalue weighted by Gasteiger charge is 2.22. The van der Waals surface area contributed by atoms with Gasteiger partial charge in [0.2, 0.25) is 0 Å². The van der Waals surface area contributed by atoms with E-state index >= 15 is 0 Å². The summed E-state index contributed by atoms with van der Waals surface area (Å²) in [5.41, 5.74) is 1.55. The van der Waals surface area contributed by atoms with Gasteiger partial charge in [-0.05, 0) is 72.4 Å². The first-order valence-electron chi connectivity index (χ1n) is 12.5. The molecule has 2 aromatic carbocycles. The van der Waals surface area contributed by atoms with Crippen LogP contribution in [0.2, 0.25) is 0 Å². The average Bonchev–Trinajstić information content (AvgIpc) is 2.77. The van der Waals surface area contributed by atoms with Gasteiger partial charge in [-0.25, -0.2) is 0 Å². The zero-order valence-electron chi connectivity index (χ0n) is 18.9. The molecule has 0 unspecified atom stereocenters. The standard InChI is InChI=1S/C28H42O/c1-3-5-7-8-9-10-20-29-28-19-18-26-21-25(16-17-27(26)22-28)24-14-12-23(13-15-24)11-6-4-2/h16-19,21-24H,3-15,20H2,1-2H3/t23-,24-. The van der Waals surface area contributed by atoms with Crippen molar-refractivity contribution < 1.29 is 4.74 Å². The van der Waals surface area contributed by atoms with Crippen LogP contribution in [0.4, 0.5) is 0 Å². The molecule has 0 aliphatic heterocycles. The van der Waals surface area contributed by atoms with Gasteiger partial charge in [-0.3, -0.25) is 0 Å². The van der Waals surface area contributed by atoms with Crippen molar-refractivity contribution >= 4 is 10.8 Å². The van der Waals surface area contributed by atoms with Crippen LogP contribution in [-0.2, 0) is 0 Å². The van der Waals surface area contributed by atoms with Crippen molar-refractivity contribution in [2.75, 3.05) is 6.61 Å². The lowest BCUT2D eigenvalue weighted by Gasteiger charge is -2.29. The van der Waals surface area contributed by atoms with Crippen LogP contribution in [0.3, 0.4) is 0 Å². The minimum atomic E-state index is 0.765. The summed E-state index contributed by atoms with van der Waals surface area (Å²) in [6.07, 6.45) is 17.7. The van der Waals surface area contributed by atoms with Crippen LogP contribution in [0.1, 0.15) is 109 Å². The van der Waals surface area contributed by atoms with E-state index in [0.717, 1.165) is 24.2 Å². The predicted molar refractivity (Wildman–Crippen MR) is 127 cm³/mol. The number of rotatable bonds is 12. The van der Waals surface area contributed by atoms with E-state index in [1.807, 2.05) is 0 Å². The number of ether oxygens (including phenoxy) is 1. The van der Waals surface area contributed by atoms with Gasteiger partial charge in [0.25, 0.3) is 0 Å². The number of unbranched alkanes of at least 4 members (excludes halogenated alkanes) is 6. The average molecular weight is 395 g/mol. The zero-order valence-corrected chi connectivity index (χ0v) is 18.9. The summed E-state index contributed by atoms with van der Waals surface area (Å²) in [6, 6.07) is 13.7. The van der Waals surface area contributed by atoms with Gasteiger partial charge < -0.3 is 4.74 Å². The van der Waals surface area contributed by atoms with Gasteiger partial charge in [0.05, 0.1) is 6.61 Å². The quantitative estimate of drug-likeness (QED) is 0.326. The molecule has 0 N–H and O–H groups in total. The second-order valence-corrected chi connectivity index (χ2v) is 9.24. The van der Waals surface area contributed by atoms with Crippen molar-refractivity contribution in [2.24, 2.45) is 5.92 Å². The Kier molecular flexibility index (Phi) is 9.38. The summed E-state index contributed by atoms with van der Waals surface area (Å²) in [4.78, 5) is 0. The Morgan fingerprint density at radius 2 is 1.41 bits per heavy atom. The van der Waals surface area contributed by atoms with Crippen LogP contribution in [0.5, 0.6) is 5.75 Å². The molecular weight excluding hydrogens is 352 g/mol. The zero-order chi connectivity index (χ0) is 20.3. The van der Waals surface area contributed by atoms with E-state index in [1.165, 1.54) is 94.2 Å². The minimum Gasteiger partial charge on any atom is -0.494 e. The highest BCUT2D eigenvalue weighted by Crippen LogP contribution is 2.38. The van der Waals surface area contributed by atoms with E-state index in [2.05, 4.69) is 50.2 Å². The summed E-state index contributed by atoms with van der Waals surface area (Å²) < 4.78 is 6.01. The molecule has 0 atom stereocenters. The van der Waals surface area contributed by atoms with Gasteiger partial charge in [0.15, 0.2) is 0 Å². The topological polar surface area (TPSA) is 9.23 Å². The summed E-state index contributed by atoms with van der Waals surface area (Å²) >= 11 is 0. The van der Waals surface area contributed by atoms with Crippen LogP contribution >= 0.6 is 0 Å². The molecule has 3 rings (SSSR count). The minimum absolute atomic E-state index is 0.765. The Labute approximate surface area is 179 Å². The van der Waals surface area contributed by atoms with Crippen LogP contribution in [-0.4, -0.2) is 6.61 Å². The fraction of sp³-hybridized carbons (Fsp3) is 0.643. The van der Waals surface area contributed by atoms with Crippen molar-refractivity contribution in [1.82, 2.24) is 0 Å². The predicted octanol–water partition coefficient (Wildman–Crippen LogP) is 9.04. The SMILES string of the molecule is CCCCCCCCOc1ccc2cc([C@H]3CC[C@H](CCCC)CC3)ccc2c1. The Hall–Kier alpha value is -1.50. The fourth-order valence-electron chi connectivity index (χ4n) is 4.94. The fourth-order valence-corrected chi connectivity index (χ4v) is 4.94. The summed E-state index contributed by atoms with van der Waals surface area (Å²) in [6.45, 7) is 5.42. The molecular formula is C28H42O. The second kappa shape index (κ2) is 12.3. The lowest BCUT2D eigenvalue weighted by atomic mass is 9.77. The molecule has 0 amide bonds. The third-order valence-corrected chi connectivity index (χ3v) is 6.89. The van der Waals surface area contributed by atoms with Crippen molar-refractivity contribution in [1.29, 1.82) is 0 Å². The highest BCUT2D eigenvalue weighted by molar-refractivity contribution is 5.84. The van der Waals surface area contributed by atoms with E-state index < -0.39 is 0 Å². The molecule has 160 valence electrons. The van der Waals surface area contributed by atoms with Gasteiger partial charge in [-0.1, -0.05) is 89.5 Å². The molecule has 0 bridgehead atoms. The smallest absolute Gasteiger partial charge is 0.119 e. The first-order chi connectivity index (χ1) is 14.3. The van der Waals surface area contributed by atoms with E-state index in [0.29, 0.717) is 0 Å². The number of benzene rings is 2. The lowest BCUT2D eigenvalue weighted by molar-refractivity contribution is 0.304. The van der Waals surface area contributed by atoms with E-state index in [4.69, 9.17) is 4.74 Å². The molecule has 0 spiro atoms. The van der Waals surface area contributed by atoms with Crippen LogP contribution in [0, 0.1) is 5.92 Å². The molecule has 1 aliphatic rings. The van der Waals surface area contributed by atoms with E-state index in [-0.39, 0.29) is 0 Å². The van der Waals surface area contributed by atoms with E-state index in [9.17, 15) is 0 Å². The van der Waals surface area contributed by atoms with Crippen LogP contribution in [0.25, 0.3) is 10.8 Å². The first kappa shape index (κ1) is 22.2. The first-order valence-corrected chi connectivity index (χ1v) is 12.5. The molecule has 1 nitrogen and oxygen atoms in total. The summed E-state index contributed by atoms with van der Waals surface area (Å²) in [5, 5.41) is 2.67. The van der Waals surface area contributed by atoms with E-state index in [1.54, 1.807) is 5.56 Å². The molecule has 2 aromatic rings. The molecule has 1 aliphatic carbocycles. The molecule has 0 heterocycles. The molecule has 0 aromatic heterocycles. The molecule has 29 heavy (non-hydrogen) atoms. The monoisotopic (exact) mass is 394 g/mol. The van der Waals surface area contributed by atoms with Gasteiger partial charge >= 0.3 is 0 Å². The number of fused-ring (bicyclic) bond motifs is 1. The molecule has 1 heteroatoms. The molecule has 1 saturated carbocycles. The summed E-state index contributed by atoms with van der Waals surface area (Å²) in [7, 11) is 0. The molecule has 0 saturated heterocycles. The van der Waals surface area contributed by atoms with Gasteiger partial charge in [0.1, 0.15) is 5.75 Å². The molecule has 1 fully saturated rings. The normalized spacial score (nSPS) is 19.5. The maximum absolute atomic E-state index is 6.01. The maximum atomic E-state index is 6.01. The Morgan fingerprint density at radius 1 is 0.724 bits per heavy atom. The lowest BCUT2D eigenvalue weighted by Crippen LogP contribution is -2.13. The third kappa shape index (κ3) is 7.05. The Morgan fingerprint density at radius 3 is 2.21 bits per heavy atom. The van der Waals surface area contributed by atoms with Crippen LogP contribution < -0.4 is 4.74 Å². The summed E-state index contributed by atoms with van der Waals surface area (Å²) in [5.74, 6) is 2.77. The molecule has 0 radical (unpaired) electrons. The van der Waals surface area contributed by atoms with Crippen LogP contribution in [0.15, 0.2) is 36.4 Å². The van der Waals surface area contributed by atoms with Crippen molar-refractivity contribution in [2.45, 2.75) is 103 Å². The van der Waals surface area contributed by atoms with Crippen molar-refractivity contribution in [3.05, 3.63) is 42.0 Å². The van der Waals surface area contributed by atoms with Crippen molar-refractivity contribution in [3.63, 3.8) is 0 Å². The van der Waals surface area contributed by atoms with Gasteiger partial charge in [-0.2, -0.15) is 0 Å². The van der Waals surface area contributed by atoms with Crippen molar-refractivity contribution in [3.8, 4) is 5.75 Å². The number of hydrogen-bond donors (Lipinski definition) is 0. The third-order valence-electron chi connectivity index (χ3n) is 6.89. The maximum Gasteiger partial charge on any atom is 0.119 e. The second-order valence-electron chi connectivity index (χ2n) is 9.24. The van der Waals surface area contributed by atoms with Gasteiger partial charge in [-0.15, -0.1) is 0 Å².